The van der Waals surface area contributed by atoms with E-state index >= 15 is 0 Å². The van der Waals surface area contributed by atoms with E-state index in [1.54, 1.807) is 7.11 Å². The highest BCUT2D eigenvalue weighted by atomic mass is 32.2. The van der Waals surface area contributed by atoms with Crippen LogP contribution in [-0.4, -0.2) is 120 Å². The number of rotatable bonds is 22. The maximum atomic E-state index is 14.6. The fourth-order valence-electron chi connectivity index (χ4n) is 7.22. The Morgan fingerprint density at radius 2 is 1.79 bits per heavy atom. The number of nitrogens with zero attached hydrogens (tertiary/aromatic N) is 3. The molecule has 1 aromatic carbocycles. The molecule has 1 saturated heterocycles. The van der Waals surface area contributed by atoms with Crippen LogP contribution in [0, 0.1) is 17.8 Å². The van der Waals surface area contributed by atoms with Crippen molar-refractivity contribution in [3.05, 3.63) is 35.9 Å². The number of hydrogen-bond acceptors (Lipinski definition) is 9. The van der Waals surface area contributed by atoms with E-state index in [1.165, 1.54) is 11.8 Å². The third-order valence-corrected chi connectivity index (χ3v) is 11.7. The van der Waals surface area contributed by atoms with Crippen molar-refractivity contribution in [1.29, 1.82) is 0 Å². The Morgan fingerprint density at radius 3 is 2.40 bits per heavy atom. The minimum Gasteiger partial charge on any atom is -0.396 e. The summed E-state index contributed by atoms with van der Waals surface area (Å²) in [6, 6.07) is 8.27. The van der Waals surface area contributed by atoms with Crippen LogP contribution < -0.4 is 10.6 Å². The molecule has 0 aromatic heterocycles. The van der Waals surface area contributed by atoms with Crippen molar-refractivity contribution in [3.63, 3.8) is 0 Å². The van der Waals surface area contributed by atoms with Gasteiger partial charge in [-0.1, -0.05) is 84.7 Å². The lowest BCUT2D eigenvalue weighted by molar-refractivity contribution is -0.143. The highest BCUT2D eigenvalue weighted by Crippen LogP contribution is 2.29. The van der Waals surface area contributed by atoms with Crippen molar-refractivity contribution in [1.82, 2.24) is 20.4 Å². The largest absolute Gasteiger partial charge is 0.396 e. The first-order valence-electron chi connectivity index (χ1n) is 19.5. The predicted octanol–water partition coefficient (Wildman–Crippen LogP) is 4.90. The van der Waals surface area contributed by atoms with Crippen LogP contribution >= 0.6 is 11.8 Å². The van der Waals surface area contributed by atoms with Gasteiger partial charge in [0.1, 0.15) is 25.0 Å². The van der Waals surface area contributed by atoms with E-state index < -0.39 is 18.2 Å². The molecule has 11 nitrogen and oxygen atoms in total. The molecule has 2 aliphatic heterocycles. The fourth-order valence-corrected chi connectivity index (χ4v) is 8.33. The molecule has 3 rings (SSSR count). The minimum absolute atomic E-state index is 0.0430. The average Bonchev–Trinajstić information content (AvgIpc) is 3.63. The van der Waals surface area contributed by atoms with Crippen LogP contribution in [0.2, 0.25) is 0 Å². The van der Waals surface area contributed by atoms with Gasteiger partial charge in [0, 0.05) is 44.5 Å². The first-order chi connectivity index (χ1) is 24.9. The number of thioether (sulfide) groups is 1. The maximum Gasteiger partial charge on any atom is 0.245 e. The summed E-state index contributed by atoms with van der Waals surface area (Å²) in [6.07, 6.45) is 5.71. The summed E-state index contributed by atoms with van der Waals surface area (Å²) >= 11 is 1.52. The fraction of sp³-hybridized carbons (Fsp3) is 0.750. The summed E-state index contributed by atoms with van der Waals surface area (Å²) in [4.78, 5) is 50.8. The molecule has 0 bridgehead atoms. The van der Waals surface area contributed by atoms with Crippen molar-refractivity contribution >= 4 is 34.5 Å². The number of piperidine rings is 1. The smallest absolute Gasteiger partial charge is 0.245 e. The molecule has 294 valence electrons. The zero-order valence-corrected chi connectivity index (χ0v) is 33.8. The molecule has 0 spiro atoms. The van der Waals surface area contributed by atoms with Crippen LogP contribution in [0.5, 0.6) is 0 Å². The summed E-state index contributed by atoms with van der Waals surface area (Å²) in [5.74, 6) is 0.297. The van der Waals surface area contributed by atoms with Gasteiger partial charge in [-0.25, -0.2) is 0 Å². The standard InChI is InChI=1S/C40H67N5O6S/c1-9-19-45(40(49)36(29(6)10-2)43-38(48)33-18-14-15-20-44(33)7)34(27(3)4)23-35(51-26-50-8)39-42-32(25-52-39)37(47)41-31(21-28(5)24-46)22-30-16-12-11-13-17-30/h11-13,16-17,27-29,31-36,46H,9-10,14-15,18-26H2,1-8H3,(H,41,47)(H,43,48)/t28?,29-,31?,32?,33?,34?,35?,36?/m0/s1. The number of nitrogens with one attached hydrogen (secondary N) is 2. The van der Waals surface area contributed by atoms with Crippen molar-refractivity contribution < 1.29 is 29.0 Å². The summed E-state index contributed by atoms with van der Waals surface area (Å²) in [5, 5.41) is 16.9. The zero-order chi connectivity index (χ0) is 38.2. The van der Waals surface area contributed by atoms with Crippen LogP contribution in [0.4, 0.5) is 0 Å². The van der Waals surface area contributed by atoms with Crippen LogP contribution in [0.15, 0.2) is 35.3 Å². The second-order valence-corrected chi connectivity index (χ2v) is 16.3. The van der Waals surface area contributed by atoms with Crippen LogP contribution in [-0.2, 0) is 30.3 Å². The summed E-state index contributed by atoms with van der Waals surface area (Å²) in [6.45, 7) is 13.9. The number of aliphatic hydroxyl groups is 1. The molecule has 7 unspecified atom stereocenters. The molecule has 1 aromatic rings. The van der Waals surface area contributed by atoms with Gasteiger partial charge >= 0.3 is 0 Å². The lowest BCUT2D eigenvalue weighted by atomic mass is 9.92. The molecule has 0 radical (unpaired) electrons. The molecule has 12 heteroatoms. The van der Waals surface area contributed by atoms with Gasteiger partial charge in [-0.2, -0.15) is 0 Å². The number of carbonyl (C=O) groups excluding carboxylic acids is 3. The van der Waals surface area contributed by atoms with E-state index in [2.05, 4.69) is 43.2 Å². The van der Waals surface area contributed by atoms with E-state index in [4.69, 9.17) is 14.5 Å². The normalized spacial score (nSPS) is 21.5. The third-order valence-electron chi connectivity index (χ3n) is 10.5. The number of carbonyl (C=O) groups is 3. The predicted molar refractivity (Wildman–Crippen MR) is 210 cm³/mol. The number of aliphatic imine (C=N–C) groups is 1. The van der Waals surface area contributed by atoms with Gasteiger partial charge in [0.2, 0.25) is 17.7 Å². The second-order valence-electron chi connectivity index (χ2n) is 15.2. The quantitative estimate of drug-likeness (QED) is 0.143. The first-order valence-corrected chi connectivity index (χ1v) is 20.5. The number of likely N-dealkylation sites (tertiary alicyclic amines) is 1. The highest BCUT2D eigenvalue weighted by molar-refractivity contribution is 8.14. The highest BCUT2D eigenvalue weighted by Gasteiger charge is 2.39. The summed E-state index contributed by atoms with van der Waals surface area (Å²) in [5.41, 5.74) is 1.12. The molecular formula is C40H67N5O6S. The van der Waals surface area contributed by atoms with Gasteiger partial charge in [-0.05, 0) is 69.0 Å². The average molecular weight is 746 g/mol. The van der Waals surface area contributed by atoms with Crippen molar-refractivity contribution in [2.75, 3.05) is 46.4 Å². The molecular weight excluding hydrogens is 679 g/mol. The summed E-state index contributed by atoms with van der Waals surface area (Å²) < 4.78 is 11.6. The molecule has 8 atom stereocenters. The van der Waals surface area contributed by atoms with Gasteiger partial charge in [0.15, 0.2) is 0 Å². The Hall–Kier alpha value is -2.51. The number of likely N-dealkylation sites (N-methyl/N-ethyl adjacent to an activating group) is 1. The number of ether oxygens (including phenoxy) is 2. The Labute approximate surface area is 317 Å². The number of methoxy groups -OCH3 is 1. The topological polar surface area (TPSA) is 133 Å². The van der Waals surface area contributed by atoms with Gasteiger partial charge in [-0.3, -0.25) is 24.3 Å². The Balaban J connectivity index is 1.82. The molecule has 1 fully saturated rings. The molecule has 2 heterocycles. The first kappa shape index (κ1) is 43.9. The van der Waals surface area contributed by atoms with Crippen LogP contribution in [0.3, 0.4) is 0 Å². The second kappa shape index (κ2) is 22.6. The molecule has 52 heavy (non-hydrogen) atoms. The maximum absolute atomic E-state index is 14.6. The summed E-state index contributed by atoms with van der Waals surface area (Å²) in [7, 11) is 3.56. The third kappa shape index (κ3) is 13.1. The lowest BCUT2D eigenvalue weighted by Crippen LogP contribution is -2.59. The SMILES string of the molecule is CCCN(C(=O)C(NC(=O)C1CCCCN1C)[C@@H](C)CC)C(CC(OCOC)C1=NC(C(=O)NC(Cc2ccccc2)CC(C)CO)CS1)C(C)C. The van der Waals surface area contributed by atoms with Crippen molar-refractivity contribution in [3.8, 4) is 0 Å². The van der Waals surface area contributed by atoms with Gasteiger partial charge < -0.3 is 30.1 Å². The van der Waals surface area contributed by atoms with E-state index in [0.717, 1.165) is 49.3 Å². The van der Waals surface area contributed by atoms with Gasteiger partial charge in [0.25, 0.3) is 0 Å². The monoisotopic (exact) mass is 745 g/mol. The Bertz CT molecular complexity index is 1270. The molecule has 2 aliphatic rings. The van der Waals surface area contributed by atoms with Crippen LogP contribution in [0.25, 0.3) is 0 Å². The lowest BCUT2D eigenvalue weighted by Gasteiger charge is -2.40. The number of amides is 3. The van der Waals surface area contributed by atoms with Gasteiger partial charge in [-0.15, -0.1) is 11.8 Å². The van der Waals surface area contributed by atoms with E-state index in [9.17, 15) is 19.5 Å². The van der Waals surface area contributed by atoms with E-state index in [1.807, 2.05) is 56.1 Å². The zero-order valence-electron chi connectivity index (χ0n) is 33.0. The Kier molecular flexibility index (Phi) is 19.1. The van der Waals surface area contributed by atoms with Gasteiger partial charge in [0.05, 0.1) is 11.1 Å². The minimum atomic E-state index is -0.636. The van der Waals surface area contributed by atoms with E-state index in [-0.39, 0.29) is 67.0 Å². The number of hydrogen-bond donors (Lipinski definition) is 3. The number of benzene rings is 1. The van der Waals surface area contributed by atoms with Crippen molar-refractivity contribution in [2.24, 2.45) is 22.7 Å². The van der Waals surface area contributed by atoms with Crippen molar-refractivity contribution in [2.45, 2.75) is 129 Å². The molecule has 3 amide bonds. The molecule has 3 N–H and O–H groups in total. The Morgan fingerprint density at radius 1 is 1.06 bits per heavy atom. The van der Waals surface area contributed by atoms with E-state index in [0.29, 0.717) is 31.6 Å². The molecule has 0 saturated carbocycles. The molecule has 0 aliphatic carbocycles. The van der Waals surface area contributed by atoms with Crippen LogP contribution in [0.1, 0.15) is 92.1 Å². The number of aliphatic hydroxyl groups excluding tert-OH is 1.